The number of fused-ring (bicyclic) bond motifs is 1. The molecule has 3 nitrogen and oxygen atoms in total. The highest BCUT2D eigenvalue weighted by molar-refractivity contribution is 5.88. The first-order valence-electron chi connectivity index (χ1n) is 7.61. The fourth-order valence-electron chi connectivity index (χ4n) is 2.81. The average Bonchev–Trinajstić information content (AvgIpc) is 2.61. The van der Waals surface area contributed by atoms with Crippen LogP contribution in [0.5, 0.6) is 0 Å². The molecule has 0 bridgehead atoms. The molecule has 0 amide bonds. The maximum Gasteiger partial charge on any atom is 0.212 e. The molecular formula is C20H18NO2+. The Balaban J connectivity index is 2.15. The van der Waals surface area contributed by atoms with Crippen LogP contribution in [0.4, 0.5) is 0 Å². The van der Waals surface area contributed by atoms with Gasteiger partial charge in [-0.1, -0.05) is 36.4 Å². The molecule has 0 saturated carbocycles. The molecule has 0 atom stereocenters. The van der Waals surface area contributed by atoms with Gasteiger partial charge in [0.05, 0.1) is 6.08 Å². The lowest BCUT2D eigenvalue weighted by atomic mass is 10.1. The summed E-state index contributed by atoms with van der Waals surface area (Å²) < 4.78 is 2.13. The number of benzene rings is 2. The molecule has 2 aromatic carbocycles. The van der Waals surface area contributed by atoms with E-state index in [1.165, 1.54) is 0 Å². The van der Waals surface area contributed by atoms with Gasteiger partial charge in [-0.15, -0.1) is 0 Å². The number of aliphatic hydroxyl groups is 1. The van der Waals surface area contributed by atoms with Crippen LogP contribution in [0.1, 0.15) is 28.5 Å². The predicted octanol–water partition coefficient (Wildman–Crippen LogP) is 4.02. The van der Waals surface area contributed by atoms with Gasteiger partial charge in [-0.05, 0) is 19.1 Å². The molecule has 0 unspecified atom stereocenters. The first-order valence-corrected chi connectivity index (χ1v) is 7.61. The van der Waals surface area contributed by atoms with Crippen LogP contribution in [-0.4, -0.2) is 11.4 Å². The number of para-hydroxylation sites is 1. The van der Waals surface area contributed by atoms with Crippen LogP contribution in [-0.2, 0) is 6.54 Å². The minimum absolute atomic E-state index is 0.0881. The zero-order valence-corrected chi connectivity index (χ0v) is 12.9. The van der Waals surface area contributed by atoms with E-state index in [0.29, 0.717) is 11.1 Å². The van der Waals surface area contributed by atoms with E-state index in [0.717, 1.165) is 29.4 Å². The van der Waals surface area contributed by atoms with Gasteiger partial charge in [-0.2, -0.15) is 4.57 Å². The Bertz CT molecular complexity index is 897. The van der Waals surface area contributed by atoms with Crippen molar-refractivity contribution in [3.8, 4) is 0 Å². The number of carbonyl (C=O) groups excluding carboxylic acids is 1. The molecule has 3 rings (SSSR count). The average molecular weight is 304 g/mol. The normalized spacial score (nSPS) is 11.6. The molecule has 0 saturated heterocycles. The number of carbonyl (C=O) groups is 1. The van der Waals surface area contributed by atoms with Crippen molar-refractivity contribution in [1.82, 2.24) is 0 Å². The number of aromatic nitrogens is 1. The van der Waals surface area contributed by atoms with Crippen molar-refractivity contribution in [3.05, 3.63) is 77.5 Å². The van der Waals surface area contributed by atoms with Crippen molar-refractivity contribution in [2.45, 2.75) is 13.5 Å². The molecule has 3 aromatic rings. The Morgan fingerprint density at radius 2 is 1.78 bits per heavy atom. The van der Waals surface area contributed by atoms with E-state index in [4.69, 9.17) is 0 Å². The van der Waals surface area contributed by atoms with E-state index >= 15 is 0 Å². The van der Waals surface area contributed by atoms with E-state index in [1.807, 2.05) is 24.3 Å². The van der Waals surface area contributed by atoms with E-state index in [2.05, 4.69) is 23.6 Å². The standard InChI is InChI=1S/C20H17NO2/c1-2-21-17(12-11-15-7-4-6-10-19(15)21)13-20(23)18-9-5-3-8-16(18)14-22/h3-14H,2H2,1H3/p+1. The number of hydrogen-bond acceptors (Lipinski definition) is 2. The van der Waals surface area contributed by atoms with Gasteiger partial charge in [0.15, 0.2) is 6.29 Å². The van der Waals surface area contributed by atoms with Crippen LogP contribution in [0.3, 0.4) is 0 Å². The second-order valence-electron chi connectivity index (χ2n) is 5.30. The Morgan fingerprint density at radius 1 is 1.04 bits per heavy atom. The van der Waals surface area contributed by atoms with Gasteiger partial charge in [0, 0.05) is 28.6 Å². The summed E-state index contributed by atoms with van der Waals surface area (Å²) in [5, 5.41) is 11.6. The summed E-state index contributed by atoms with van der Waals surface area (Å²) >= 11 is 0. The van der Waals surface area contributed by atoms with E-state index in [-0.39, 0.29) is 5.76 Å². The number of pyridine rings is 1. The minimum atomic E-state index is 0.0881. The Kier molecular flexibility index (Phi) is 4.20. The predicted molar refractivity (Wildman–Crippen MR) is 92.1 cm³/mol. The molecule has 114 valence electrons. The number of aldehydes is 1. The Hall–Kier alpha value is -2.94. The monoisotopic (exact) mass is 304 g/mol. The van der Waals surface area contributed by atoms with E-state index in [9.17, 15) is 9.90 Å². The van der Waals surface area contributed by atoms with Crippen LogP contribution in [0.25, 0.3) is 22.7 Å². The smallest absolute Gasteiger partial charge is 0.212 e. The fraction of sp³-hybridized carbons (Fsp3) is 0.100. The van der Waals surface area contributed by atoms with Gasteiger partial charge >= 0.3 is 0 Å². The molecule has 1 N–H and O–H groups in total. The minimum Gasteiger partial charge on any atom is -0.507 e. The zero-order valence-electron chi connectivity index (χ0n) is 12.9. The third kappa shape index (κ3) is 2.86. The van der Waals surface area contributed by atoms with Gasteiger partial charge in [-0.25, -0.2) is 0 Å². The van der Waals surface area contributed by atoms with Crippen LogP contribution in [0, 0.1) is 0 Å². The van der Waals surface area contributed by atoms with Gasteiger partial charge in [-0.3, -0.25) is 4.79 Å². The number of aliphatic hydroxyl groups excluding tert-OH is 1. The maximum absolute atomic E-state index is 11.1. The van der Waals surface area contributed by atoms with Crippen molar-refractivity contribution in [2.75, 3.05) is 0 Å². The summed E-state index contributed by atoms with van der Waals surface area (Å²) in [4.78, 5) is 11.1. The third-order valence-electron chi connectivity index (χ3n) is 3.94. The molecule has 1 heterocycles. The summed E-state index contributed by atoms with van der Waals surface area (Å²) in [5.41, 5.74) is 3.02. The second-order valence-corrected chi connectivity index (χ2v) is 5.30. The fourth-order valence-corrected chi connectivity index (χ4v) is 2.81. The topological polar surface area (TPSA) is 41.2 Å². The number of aryl methyl sites for hydroxylation is 1. The van der Waals surface area contributed by atoms with Crippen LogP contribution >= 0.6 is 0 Å². The largest absolute Gasteiger partial charge is 0.507 e. The van der Waals surface area contributed by atoms with Gasteiger partial charge < -0.3 is 5.11 Å². The lowest BCUT2D eigenvalue weighted by molar-refractivity contribution is -0.669. The third-order valence-corrected chi connectivity index (χ3v) is 3.94. The SMILES string of the molecule is CC[n+]1c(/C=C(\O)c2ccccc2C=O)ccc2ccccc21. The highest BCUT2D eigenvalue weighted by Gasteiger charge is 2.14. The zero-order chi connectivity index (χ0) is 16.2. The first kappa shape index (κ1) is 15.0. The van der Waals surface area contributed by atoms with Crippen LogP contribution in [0.2, 0.25) is 0 Å². The lowest BCUT2D eigenvalue weighted by Crippen LogP contribution is -2.36. The summed E-state index contributed by atoms with van der Waals surface area (Å²) in [5.74, 6) is 0.0881. The van der Waals surface area contributed by atoms with Crippen LogP contribution in [0.15, 0.2) is 60.7 Å². The molecular weight excluding hydrogens is 286 g/mol. The quantitative estimate of drug-likeness (QED) is 0.449. The summed E-state index contributed by atoms with van der Waals surface area (Å²) in [7, 11) is 0. The molecule has 0 spiro atoms. The second kappa shape index (κ2) is 6.44. The molecule has 23 heavy (non-hydrogen) atoms. The highest BCUT2D eigenvalue weighted by Crippen LogP contribution is 2.19. The molecule has 0 aliphatic heterocycles. The van der Waals surface area contributed by atoms with Gasteiger partial charge in [0.1, 0.15) is 12.3 Å². The molecule has 0 fully saturated rings. The van der Waals surface area contributed by atoms with Crippen molar-refractivity contribution < 1.29 is 14.5 Å². The summed E-state index contributed by atoms with van der Waals surface area (Å²) in [6.45, 7) is 2.86. The lowest BCUT2D eigenvalue weighted by Gasteiger charge is -2.05. The Morgan fingerprint density at radius 3 is 2.57 bits per heavy atom. The molecule has 0 aliphatic carbocycles. The maximum atomic E-state index is 11.1. The number of hydrogen-bond donors (Lipinski definition) is 1. The van der Waals surface area contributed by atoms with Gasteiger partial charge in [0.2, 0.25) is 11.2 Å². The molecule has 1 aromatic heterocycles. The van der Waals surface area contributed by atoms with E-state index in [1.54, 1.807) is 30.3 Å². The van der Waals surface area contributed by atoms with E-state index < -0.39 is 0 Å². The Labute approximate surface area is 135 Å². The van der Waals surface area contributed by atoms with Crippen molar-refractivity contribution in [3.63, 3.8) is 0 Å². The number of nitrogens with zero attached hydrogens (tertiary/aromatic N) is 1. The first-order chi connectivity index (χ1) is 11.2. The highest BCUT2D eigenvalue weighted by atomic mass is 16.3. The van der Waals surface area contributed by atoms with Crippen molar-refractivity contribution in [2.24, 2.45) is 0 Å². The summed E-state index contributed by atoms with van der Waals surface area (Å²) in [6.07, 6.45) is 2.46. The van der Waals surface area contributed by atoms with Crippen molar-refractivity contribution in [1.29, 1.82) is 0 Å². The molecule has 3 heteroatoms. The van der Waals surface area contributed by atoms with Gasteiger partial charge in [0.25, 0.3) is 0 Å². The summed E-state index contributed by atoms with van der Waals surface area (Å²) in [6, 6.07) is 19.2. The van der Waals surface area contributed by atoms with Crippen molar-refractivity contribution >= 4 is 29.0 Å². The number of rotatable bonds is 4. The molecule has 0 radical (unpaired) electrons. The van der Waals surface area contributed by atoms with Crippen LogP contribution < -0.4 is 4.57 Å². The molecule has 0 aliphatic rings.